The first-order valence-corrected chi connectivity index (χ1v) is 5.96. The summed E-state index contributed by atoms with van der Waals surface area (Å²) >= 11 is 0. The van der Waals surface area contributed by atoms with Gasteiger partial charge < -0.3 is 16.0 Å². The first-order chi connectivity index (χ1) is 8.13. The van der Waals surface area contributed by atoms with Gasteiger partial charge in [-0.2, -0.15) is 0 Å². The number of anilines is 1. The number of nitrogens with one attached hydrogen (secondary N) is 1. The molecule has 1 aromatic rings. The van der Waals surface area contributed by atoms with Crippen LogP contribution in [0.2, 0.25) is 0 Å². The van der Waals surface area contributed by atoms with Gasteiger partial charge in [0.25, 0.3) is 0 Å². The topological polar surface area (TPSA) is 58.4 Å². The molecule has 0 bridgehead atoms. The molecule has 1 amide bonds. The molecule has 1 heterocycles. The van der Waals surface area contributed by atoms with Crippen LogP contribution >= 0.6 is 0 Å². The molecule has 0 spiro atoms. The molecular weight excluding hydrogens is 214 g/mol. The van der Waals surface area contributed by atoms with Crippen LogP contribution < -0.4 is 11.1 Å². The van der Waals surface area contributed by atoms with Gasteiger partial charge in [0.05, 0.1) is 6.42 Å². The summed E-state index contributed by atoms with van der Waals surface area (Å²) in [6, 6.07) is 7.75. The van der Waals surface area contributed by atoms with Gasteiger partial charge >= 0.3 is 0 Å². The molecule has 1 aliphatic rings. The average molecular weight is 233 g/mol. The van der Waals surface area contributed by atoms with E-state index in [4.69, 9.17) is 5.73 Å². The number of nitrogens with two attached hydrogens (primary N) is 1. The highest BCUT2D eigenvalue weighted by atomic mass is 16.1. The summed E-state index contributed by atoms with van der Waals surface area (Å²) in [5, 5.41) is 3.06. The van der Waals surface area contributed by atoms with E-state index in [9.17, 15) is 4.79 Å². The van der Waals surface area contributed by atoms with Gasteiger partial charge in [0, 0.05) is 18.3 Å². The maximum atomic E-state index is 11.8. The Hall–Kier alpha value is -1.55. The van der Waals surface area contributed by atoms with Crippen molar-refractivity contribution in [3.8, 4) is 0 Å². The lowest BCUT2D eigenvalue weighted by atomic mass is 10.1. The monoisotopic (exact) mass is 233 g/mol. The molecule has 1 atom stereocenters. The summed E-state index contributed by atoms with van der Waals surface area (Å²) < 4.78 is 0. The molecule has 1 fully saturated rings. The Morgan fingerprint density at radius 1 is 1.47 bits per heavy atom. The van der Waals surface area contributed by atoms with Crippen LogP contribution in [-0.4, -0.2) is 37.0 Å². The fourth-order valence-corrected chi connectivity index (χ4v) is 2.15. The maximum absolute atomic E-state index is 11.8. The molecule has 17 heavy (non-hydrogen) atoms. The Bertz CT molecular complexity index is 388. The molecule has 2 rings (SSSR count). The summed E-state index contributed by atoms with van der Waals surface area (Å²) in [6.07, 6.45) is 1.48. The minimum absolute atomic E-state index is 0.0927. The maximum Gasteiger partial charge on any atom is 0.224 e. The Morgan fingerprint density at radius 2 is 2.18 bits per heavy atom. The van der Waals surface area contributed by atoms with E-state index in [0.717, 1.165) is 30.8 Å². The smallest absolute Gasteiger partial charge is 0.224 e. The zero-order chi connectivity index (χ0) is 12.3. The number of carbonyl (C=O) groups is 1. The van der Waals surface area contributed by atoms with E-state index < -0.39 is 0 Å². The van der Waals surface area contributed by atoms with Crippen LogP contribution in [-0.2, 0) is 11.2 Å². The fourth-order valence-electron chi connectivity index (χ4n) is 2.15. The number of carbonyl (C=O) groups excluding carboxylic acids is 1. The van der Waals surface area contributed by atoms with Crippen molar-refractivity contribution in [1.29, 1.82) is 0 Å². The van der Waals surface area contributed by atoms with Gasteiger partial charge in [-0.3, -0.25) is 4.79 Å². The predicted octanol–water partition coefficient (Wildman–Crippen LogP) is 0.632. The highest BCUT2D eigenvalue weighted by Crippen LogP contribution is 2.08. The van der Waals surface area contributed by atoms with Crippen molar-refractivity contribution in [2.24, 2.45) is 0 Å². The third kappa shape index (κ3) is 3.46. The summed E-state index contributed by atoms with van der Waals surface area (Å²) in [5.74, 6) is 0.0927. The van der Waals surface area contributed by atoms with Crippen molar-refractivity contribution in [2.75, 3.05) is 25.9 Å². The van der Waals surface area contributed by atoms with Crippen LogP contribution in [0.3, 0.4) is 0 Å². The molecule has 1 saturated heterocycles. The predicted molar refractivity (Wildman–Crippen MR) is 68.6 cm³/mol. The van der Waals surface area contributed by atoms with Gasteiger partial charge in [-0.15, -0.1) is 0 Å². The SMILES string of the molecule is CN1CCC(NC(=O)Cc2ccc(N)cc2)C1. The van der Waals surface area contributed by atoms with E-state index in [1.54, 1.807) is 0 Å². The lowest BCUT2D eigenvalue weighted by Crippen LogP contribution is -2.37. The molecule has 0 aromatic heterocycles. The van der Waals surface area contributed by atoms with Gasteiger partial charge in [0.15, 0.2) is 0 Å². The molecule has 4 heteroatoms. The second kappa shape index (κ2) is 5.19. The van der Waals surface area contributed by atoms with Crippen molar-refractivity contribution in [3.63, 3.8) is 0 Å². The quantitative estimate of drug-likeness (QED) is 0.753. The minimum Gasteiger partial charge on any atom is -0.399 e. The summed E-state index contributed by atoms with van der Waals surface area (Å²) in [6.45, 7) is 2.01. The Balaban J connectivity index is 1.83. The highest BCUT2D eigenvalue weighted by molar-refractivity contribution is 5.79. The molecule has 1 aliphatic heterocycles. The summed E-state index contributed by atoms with van der Waals surface area (Å²) in [5.41, 5.74) is 7.33. The van der Waals surface area contributed by atoms with Crippen LogP contribution in [0.4, 0.5) is 5.69 Å². The standard InChI is InChI=1S/C13H19N3O/c1-16-7-6-12(9-16)15-13(17)8-10-2-4-11(14)5-3-10/h2-5,12H,6-9,14H2,1H3,(H,15,17). The fraction of sp³-hybridized carbons (Fsp3) is 0.462. The number of hydrogen-bond donors (Lipinski definition) is 2. The van der Waals surface area contributed by atoms with Gasteiger partial charge in [0.1, 0.15) is 0 Å². The zero-order valence-electron chi connectivity index (χ0n) is 10.1. The largest absolute Gasteiger partial charge is 0.399 e. The highest BCUT2D eigenvalue weighted by Gasteiger charge is 2.20. The third-order valence-corrected chi connectivity index (χ3v) is 3.10. The third-order valence-electron chi connectivity index (χ3n) is 3.10. The van der Waals surface area contributed by atoms with Crippen LogP contribution in [0.15, 0.2) is 24.3 Å². The first-order valence-electron chi connectivity index (χ1n) is 5.96. The molecule has 1 unspecified atom stereocenters. The number of benzene rings is 1. The summed E-state index contributed by atoms with van der Waals surface area (Å²) in [4.78, 5) is 14.0. The van der Waals surface area contributed by atoms with E-state index in [1.165, 1.54) is 0 Å². The van der Waals surface area contributed by atoms with Gasteiger partial charge in [-0.05, 0) is 37.7 Å². The van der Waals surface area contributed by atoms with Crippen molar-refractivity contribution in [1.82, 2.24) is 10.2 Å². The minimum atomic E-state index is 0.0927. The number of nitrogen functional groups attached to an aromatic ring is 1. The second-order valence-electron chi connectivity index (χ2n) is 4.73. The van der Waals surface area contributed by atoms with E-state index in [-0.39, 0.29) is 5.91 Å². The molecular formula is C13H19N3O. The zero-order valence-corrected chi connectivity index (χ0v) is 10.1. The van der Waals surface area contributed by atoms with Crippen LogP contribution in [0, 0.1) is 0 Å². The number of rotatable bonds is 3. The Labute approximate surface area is 102 Å². The molecule has 4 nitrogen and oxygen atoms in total. The Kier molecular flexibility index (Phi) is 3.64. The van der Waals surface area contributed by atoms with Crippen LogP contribution in [0.1, 0.15) is 12.0 Å². The number of hydrogen-bond acceptors (Lipinski definition) is 3. The van der Waals surface area contributed by atoms with Crippen molar-refractivity contribution in [3.05, 3.63) is 29.8 Å². The number of likely N-dealkylation sites (tertiary alicyclic amines) is 1. The Morgan fingerprint density at radius 3 is 2.76 bits per heavy atom. The molecule has 0 saturated carbocycles. The first kappa shape index (κ1) is 11.9. The summed E-state index contributed by atoms with van der Waals surface area (Å²) in [7, 11) is 2.08. The molecule has 1 aromatic carbocycles. The van der Waals surface area contributed by atoms with E-state index in [0.29, 0.717) is 12.5 Å². The van der Waals surface area contributed by atoms with Crippen LogP contribution in [0.25, 0.3) is 0 Å². The average Bonchev–Trinajstić information content (AvgIpc) is 2.67. The number of likely N-dealkylation sites (N-methyl/N-ethyl adjacent to an activating group) is 1. The van der Waals surface area contributed by atoms with Gasteiger partial charge in [-0.25, -0.2) is 0 Å². The lowest BCUT2D eigenvalue weighted by Gasteiger charge is -2.12. The van der Waals surface area contributed by atoms with Crippen LogP contribution in [0.5, 0.6) is 0 Å². The number of nitrogens with zero attached hydrogens (tertiary/aromatic N) is 1. The molecule has 0 aliphatic carbocycles. The van der Waals surface area contributed by atoms with Gasteiger partial charge in [0.2, 0.25) is 5.91 Å². The molecule has 92 valence electrons. The van der Waals surface area contributed by atoms with Gasteiger partial charge in [-0.1, -0.05) is 12.1 Å². The second-order valence-corrected chi connectivity index (χ2v) is 4.73. The van der Waals surface area contributed by atoms with E-state index in [2.05, 4.69) is 17.3 Å². The van der Waals surface area contributed by atoms with E-state index in [1.807, 2.05) is 24.3 Å². The van der Waals surface area contributed by atoms with Crippen molar-refractivity contribution < 1.29 is 4.79 Å². The molecule has 0 radical (unpaired) electrons. The number of amides is 1. The normalized spacial score (nSPS) is 20.4. The lowest BCUT2D eigenvalue weighted by molar-refractivity contribution is -0.121. The van der Waals surface area contributed by atoms with Crippen molar-refractivity contribution in [2.45, 2.75) is 18.9 Å². The van der Waals surface area contributed by atoms with E-state index >= 15 is 0 Å². The molecule has 3 N–H and O–H groups in total. The van der Waals surface area contributed by atoms with Crippen molar-refractivity contribution >= 4 is 11.6 Å².